The van der Waals surface area contributed by atoms with E-state index in [0.717, 1.165) is 25.1 Å². The van der Waals surface area contributed by atoms with Gasteiger partial charge < -0.3 is 10.6 Å². The smallest absolute Gasteiger partial charge is 0.126 e. The van der Waals surface area contributed by atoms with E-state index in [9.17, 15) is 4.39 Å². The van der Waals surface area contributed by atoms with E-state index in [4.69, 9.17) is 11.0 Å². The SMILES string of the molecule is CCN(c1cc(F)cc(C#N)c1)C1CCCC1CN. The molecule has 0 aliphatic heterocycles. The van der Waals surface area contributed by atoms with Gasteiger partial charge in [-0.15, -0.1) is 0 Å². The maximum Gasteiger partial charge on any atom is 0.126 e. The Hall–Kier alpha value is -1.60. The molecule has 4 heteroatoms. The van der Waals surface area contributed by atoms with E-state index >= 15 is 0 Å². The maximum atomic E-state index is 13.6. The molecule has 19 heavy (non-hydrogen) atoms. The number of benzene rings is 1. The Morgan fingerprint density at radius 3 is 2.84 bits per heavy atom. The van der Waals surface area contributed by atoms with Crippen LogP contribution in [-0.2, 0) is 0 Å². The summed E-state index contributed by atoms with van der Waals surface area (Å²) in [4.78, 5) is 2.19. The molecule has 1 aromatic rings. The van der Waals surface area contributed by atoms with Crippen LogP contribution in [0.5, 0.6) is 0 Å². The van der Waals surface area contributed by atoms with E-state index in [1.54, 1.807) is 6.07 Å². The van der Waals surface area contributed by atoms with Crippen LogP contribution in [0.15, 0.2) is 18.2 Å². The summed E-state index contributed by atoms with van der Waals surface area (Å²) in [7, 11) is 0. The number of nitrogens with two attached hydrogens (primary N) is 1. The molecule has 0 saturated heterocycles. The second-order valence-electron chi connectivity index (χ2n) is 5.09. The fourth-order valence-corrected chi connectivity index (χ4v) is 3.12. The summed E-state index contributed by atoms with van der Waals surface area (Å²) in [5.41, 5.74) is 6.99. The van der Waals surface area contributed by atoms with Gasteiger partial charge in [0.1, 0.15) is 5.82 Å². The summed E-state index contributed by atoms with van der Waals surface area (Å²) in [6.07, 6.45) is 3.40. The standard InChI is InChI=1S/C15H20FN3/c1-2-19(15-5-3-4-12(15)10-18)14-7-11(9-17)6-13(16)8-14/h6-8,12,15H,2-5,10,18H2,1H3. The van der Waals surface area contributed by atoms with Crippen molar-refractivity contribution in [1.82, 2.24) is 0 Å². The molecule has 2 N–H and O–H groups in total. The maximum absolute atomic E-state index is 13.6. The summed E-state index contributed by atoms with van der Waals surface area (Å²) in [6, 6.07) is 6.92. The average Bonchev–Trinajstić information content (AvgIpc) is 2.87. The van der Waals surface area contributed by atoms with Gasteiger partial charge in [-0.1, -0.05) is 6.42 Å². The first-order valence-electron chi connectivity index (χ1n) is 6.87. The van der Waals surface area contributed by atoms with Crippen LogP contribution in [0.25, 0.3) is 0 Å². The van der Waals surface area contributed by atoms with Crippen LogP contribution in [0.1, 0.15) is 31.7 Å². The molecule has 0 bridgehead atoms. The molecule has 102 valence electrons. The molecule has 1 aliphatic carbocycles. The minimum Gasteiger partial charge on any atom is -0.368 e. The Bertz CT molecular complexity index is 481. The Morgan fingerprint density at radius 1 is 1.42 bits per heavy atom. The summed E-state index contributed by atoms with van der Waals surface area (Å²) in [6.45, 7) is 3.53. The van der Waals surface area contributed by atoms with Crippen molar-refractivity contribution in [3.63, 3.8) is 0 Å². The van der Waals surface area contributed by atoms with Gasteiger partial charge in [-0.2, -0.15) is 5.26 Å². The highest BCUT2D eigenvalue weighted by Gasteiger charge is 2.30. The molecule has 0 amide bonds. The first-order chi connectivity index (χ1) is 9.19. The third kappa shape index (κ3) is 2.87. The molecule has 1 aromatic carbocycles. The Morgan fingerprint density at radius 2 is 2.21 bits per heavy atom. The number of halogens is 1. The zero-order valence-corrected chi connectivity index (χ0v) is 11.3. The lowest BCUT2D eigenvalue weighted by Crippen LogP contribution is -2.40. The molecular formula is C15H20FN3. The predicted octanol–water partition coefficient (Wildman–Crippen LogP) is 2.65. The van der Waals surface area contributed by atoms with Crippen molar-refractivity contribution in [3.8, 4) is 6.07 Å². The first kappa shape index (κ1) is 13.8. The topological polar surface area (TPSA) is 53.0 Å². The van der Waals surface area contributed by atoms with Crippen molar-refractivity contribution in [2.75, 3.05) is 18.0 Å². The average molecular weight is 261 g/mol. The van der Waals surface area contributed by atoms with E-state index in [2.05, 4.69) is 11.8 Å². The van der Waals surface area contributed by atoms with Crippen LogP contribution in [0.3, 0.4) is 0 Å². The lowest BCUT2D eigenvalue weighted by Gasteiger charge is -2.34. The van der Waals surface area contributed by atoms with Gasteiger partial charge in [0.25, 0.3) is 0 Å². The molecule has 0 spiro atoms. The lowest BCUT2D eigenvalue weighted by atomic mass is 10.0. The van der Waals surface area contributed by atoms with Crippen LogP contribution < -0.4 is 10.6 Å². The van der Waals surface area contributed by atoms with Gasteiger partial charge >= 0.3 is 0 Å². The number of anilines is 1. The molecule has 0 radical (unpaired) electrons. The molecule has 1 aliphatic rings. The largest absolute Gasteiger partial charge is 0.368 e. The Labute approximate surface area is 113 Å². The van der Waals surface area contributed by atoms with Crippen LogP contribution in [-0.4, -0.2) is 19.1 Å². The predicted molar refractivity (Wildman–Crippen MR) is 74.3 cm³/mol. The van der Waals surface area contributed by atoms with E-state index in [1.165, 1.54) is 18.6 Å². The molecule has 2 rings (SSSR count). The summed E-state index contributed by atoms with van der Waals surface area (Å²) in [5, 5.41) is 8.95. The normalized spacial score (nSPS) is 22.2. The zero-order chi connectivity index (χ0) is 13.8. The molecule has 3 nitrogen and oxygen atoms in total. The van der Waals surface area contributed by atoms with Crippen molar-refractivity contribution in [3.05, 3.63) is 29.6 Å². The first-order valence-corrected chi connectivity index (χ1v) is 6.87. The minimum absolute atomic E-state index is 0.352. The van der Waals surface area contributed by atoms with Gasteiger partial charge in [0.15, 0.2) is 0 Å². The van der Waals surface area contributed by atoms with Crippen molar-refractivity contribution in [1.29, 1.82) is 5.26 Å². The van der Waals surface area contributed by atoms with E-state index < -0.39 is 0 Å². The van der Waals surface area contributed by atoms with Gasteiger partial charge in [-0.25, -0.2) is 4.39 Å². The lowest BCUT2D eigenvalue weighted by molar-refractivity contribution is 0.461. The van der Waals surface area contributed by atoms with Crippen molar-refractivity contribution >= 4 is 5.69 Å². The van der Waals surface area contributed by atoms with Crippen LogP contribution >= 0.6 is 0 Å². The summed E-state index contributed by atoms with van der Waals surface area (Å²) >= 11 is 0. The summed E-state index contributed by atoms with van der Waals surface area (Å²) < 4.78 is 13.6. The number of hydrogen-bond donors (Lipinski definition) is 1. The highest BCUT2D eigenvalue weighted by molar-refractivity contribution is 5.53. The number of rotatable bonds is 4. The second-order valence-corrected chi connectivity index (χ2v) is 5.09. The van der Waals surface area contributed by atoms with Gasteiger partial charge in [0.2, 0.25) is 0 Å². The summed E-state index contributed by atoms with van der Waals surface area (Å²) in [5.74, 6) is 0.114. The van der Waals surface area contributed by atoms with Crippen molar-refractivity contribution < 1.29 is 4.39 Å². The minimum atomic E-state index is -0.352. The monoisotopic (exact) mass is 261 g/mol. The quantitative estimate of drug-likeness (QED) is 0.906. The Kier molecular flexibility index (Phi) is 4.39. The molecule has 1 fully saturated rings. The van der Waals surface area contributed by atoms with E-state index in [1.807, 2.05) is 6.07 Å². The highest BCUT2D eigenvalue weighted by atomic mass is 19.1. The molecule has 0 aromatic heterocycles. The van der Waals surface area contributed by atoms with Gasteiger partial charge in [-0.05, 0) is 50.4 Å². The zero-order valence-electron chi connectivity index (χ0n) is 11.3. The number of nitriles is 1. The molecular weight excluding hydrogens is 241 g/mol. The molecule has 2 unspecified atom stereocenters. The van der Waals surface area contributed by atoms with Gasteiger partial charge in [-0.3, -0.25) is 0 Å². The molecule has 2 atom stereocenters. The van der Waals surface area contributed by atoms with Crippen molar-refractivity contribution in [2.45, 2.75) is 32.2 Å². The number of hydrogen-bond acceptors (Lipinski definition) is 3. The van der Waals surface area contributed by atoms with Crippen LogP contribution in [0.2, 0.25) is 0 Å². The molecule has 0 heterocycles. The van der Waals surface area contributed by atoms with Crippen LogP contribution in [0.4, 0.5) is 10.1 Å². The number of nitrogens with zero attached hydrogens (tertiary/aromatic N) is 2. The van der Waals surface area contributed by atoms with Crippen molar-refractivity contribution in [2.24, 2.45) is 11.7 Å². The third-order valence-electron chi connectivity index (χ3n) is 4.01. The van der Waals surface area contributed by atoms with Gasteiger partial charge in [0, 0.05) is 18.3 Å². The highest BCUT2D eigenvalue weighted by Crippen LogP contribution is 2.33. The second kappa shape index (κ2) is 6.03. The Balaban J connectivity index is 2.31. The fraction of sp³-hybridized carbons (Fsp3) is 0.533. The van der Waals surface area contributed by atoms with Crippen LogP contribution in [0, 0.1) is 23.1 Å². The van der Waals surface area contributed by atoms with E-state index in [0.29, 0.717) is 24.1 Å². The fourth-order valence-electron chi connectivity index (χ4n) is 3.12. The molecule has 1 saturated carbocycles. The third-order valence-corrected chi connectivity index (χ3v) is 4.01. The van der Waals surface area contributed by atoms with Gasteiger partial charge in [0.05, 0.1) is 11.6 Å². The van der Waals surface area contributed by atoms with E-state index in [-0.39, 0.29) is 5.82 Å².